The molecule has 0 radical (unpaired) electrons. The fraction of sp³-hybridized carbons (Fsp3) is 0.455. The van der Waals surface area contributed by atoms with Crippen molar-refractivity contribution in [3.63, 3.8) is 0 Å². The molecule has 0 saturated heterocycles. The van der Waals surface area contributed by atoms with E-state index in [2.05, 4.69) is 13.8 Å². The Bertz CT molecular complexity index is 282. The Morgan fingerprint density at radius 2 is 1.64 bits per heavy atom. The first-order valence-electron chi connectivity index (χ1n) is 4.71. The predicted molar refractivity (Wildman–Crippen MR) is 60.6 cm³/mol. The van der Waals surface area contributed by atoms with Gasteiger partial charge in [0.2, 0.25) is 0 Å². The maximum absolute atomic E-state index is 11.7. The summed E-state index contributed by atoms with van der Waals surface area (Å²) in [7, 11) is 3.62. The standard InChI is InChI=1S/C11H17NOS/c1-9(2)10-5-7-11(8-6-10)14(13)12(3)4/h5-9H,1-4H3. The van der Waals surface area contributed by atoms with Crippen LogP contribution in [0.25, 0.3) is 0 Å². The van der Waals surface area contributed by atoms with Gasteiger partial charge in [0.1, 0.15) is 0 Å². The molecule has 14 heavy (non-hydrogen) atoms. The maximum Gasteiger partial charge on any atom is 0.174 e. The smallest absolute Gasteiger partial charge is 0.174 e. The molecular weight excluding hydrogens is 194 g/mol. The van der Waals surface area contributed by atoms with E-state index in [9.17, 15) is 4.55 Å². The lowest BCUT2D eigenvalue weighted by molar-refractivity contribution is 0.520. The minimum absolute atomic E-state index is 0.525. The molecule has 0 aliphatic rings. The van der Waals surface area contributed by atoms with E-state index >= 15 is 0 Å². The Labute approximate surface area is 89.2 Å². The molecule has 1 atom stereocenters. The molecule has 1 aromatic rings. The van der Waals surface area contributed by atoms with Gasteiger partial charge in [-0.05, 0) is 23.6 Å². The fourth-order valence-corrected chi connectivity index (χ4v) is 1.97. The summed E-state index contributed by atoms with van der Waals surface area (Å²) >= 11 is -1.02. The number of nitrogens with zero attached hydrogens (tertiary/aromatic N) is 1. The lowest BCUT2D eigenvalue weighted by Crippen LogP contribution is -2.22. The Morgan fingerprint density at radius 1 is 1.14 bits per heavy atom. The summed E-state index contributed by atoms with van der Waals surface area (Å²) in [5, 5.41) is 0. The van der Waals surface area contributed by atoms with Crippen molar-refractivity contribution in [2.75, 3.05) is 14.1 Å². The summed E-state index contributed by atoms with van der Waals surface area (Å²) in [4.78, 5) is 0.861. The van der Waals surface area contributed by atoms with E-state index in [1.54, 1.807) is 4.31 Å². The Hall–Kier alpha value is -0.510. The minimum Gasteiger partial charge on any atom is -0.593 e. The van der Waals surface area contributed by atoms with Gasteiger partial charge in [0.05, 0.1) is 11.4 Å². The quantitative estimate of drug-likeness (QED) is 0.718. The topological polar surface area (TPSA) is 26.3 Å². The third kappa shape index (κ3) is 2.74. The van der Waals surface area contributed by atoms with Crippen LogP contribution in [0, 0.1) is 0 Å². The molecule has 78 valence electrons. The fourth-order valence-electron chi connectivity index (χ4n) is 1.18. The van der Waals surface area contributed by atoms with Crippen molar-refractivity contribution in [3.05, 3.63) is 29.8 Å². The van der Waals surface area contributed by atoms with Crippen LogP contribution in [-0.2, 0) is 11.4 Å². The first kappa shape index (κ1) is 11.6. The highest BCUT2D eigenvalue weighted by atomic mass is 32.2. The number of benzene rings is 1. The second-order valence-electron chi connectivity index (χ2n) is 3.79. The van der Waals surface area contributed by atoms with Crippen molar-refractivity contribution < 1.29 is 4.55 Å². The Kier molecular flexibility index (Phi) is 3.98. The van der Waals surface area contributed by atoms with Gasteiger partial charge in [-0.3, -0.25) is 0 Å². The van der Waals surface area contributed by atoms with Gasteiger partial charge in [0.25, 0.3) is 0 Å². The molecule has 2 nitrogen and oxygen atoms in total. The van der Waals surface area contributed by atoms with Gasteiger partial charge in [0.15, 0.2) is 4.90 Å². The van der Waals surface area contributed by atoms with Crippen molar-refractivity contribution in [2.45, 2.75) is 24.7 Å². The molecule has 0 amide bonds. The van der Waals surface area contributed by atoms with Crippen molar-refractivity contribution in [3.8, 4) is 0 Å². The largest absolute Gasteiger partial charge is 0.593 e. The maximum atomic E-state index is 11.7. The van der Waals surface area contributed by atoms with Gasteiger partial charge < -0.3 is 4.55 Å². The molecule has 1 aromatic carbocycles. The van der Waals surface area contributed by atoms with Crippen molar-refractivity contribution in [1.29, 1.82) is 0 Å². The zero-order valence-electron chi connectivity index (χ0n) is 9.15. The van der Waals surface area contributed by atoms with Crippen LogP contribution in [0.5, 0.6) is 0 Å². The molecule has 0 heterocycles. The van der Waals surface area contributed by atoms with Crippen molar-refractivity contribution in [2.24, 2.45) is 0 Å². The molecular formula is C11H17NOS. The first-order chi connectivity index (χ1) is 6.52. The molecule has 3 heteroatoms. The zero-order chi connectivity index (χ0) is 10.7. The SMILES string of the molecule is CC(C)c1ccc([S+]([O-])N(C)C)cc1. The summed E-state index contributed by atoms with van der Waals surface area (Å²) in [6.45, 7) is 4.30. The van der Waals surface area contributed by atoms with Gasteiger partial charge in [-0.1, -0.05) is 26.0 Å². The van der Waals surface area contributed by atoms with Gasteiger partial charge in [-0.15, -0.1) is 4.31 Å². The van der Waals surface area contributed by atoms with E-state index in [1.807, 2.05) is 38.4 Å². The predicted octanol–water partition coefficient (Wildman–Crippen LogP) is 2.39. The van der Waals surface area contributed by atoms with Gasteiger partial charge in [-0.2, -0.15) is 0 Å². The molecule has 0 fully saturated rings. The van der Waals surface area contributed by atoms with Crippen LogP contribution in [-0.4, -0.2) is 23.0 Å². The molecule has 0 saturated carbocycles. The second kappa shape index (κ2) is 4.82. The highest BCUT2D eigenvalue weighted by molar-refractivity contribution is 7.89. The lowest BCUT2D eigenvalue weighted by atomic mass is 10.0. The van der Waals surface area contributed by atoms with E-state index in [0.29, 0.717) is 5.92 Å². The van der Waals surface area contributed by atoms with E-state index in [-0.39, 0.29) is 0 Å². The molecule has 0 N–H and O–H groups in total. The van der Waals surface area contributed by atoms with E-state index < -0.39 is 11.4 Å². The molecule has 0 aliphatic heterocycles. The van der Waals surface area contributed by atoms with Crippen LogP contribution < -0.4 is 0 Å². The van der Waals surface area contributed by atoms with Crippen LogP contribution in [0.4, 0.5) is 0 Å². The average Bonchev–Trinajstić information content (AvgIpc) is 2.16. The average molecular weight is 211 g/mol. The van der Waals surface area contributed by atoms with Crippen LogP contribution in [0.1, 0.15) is 25.3 Å². The number of hydrogen-bond acceptors (Lipinski definition) is 2. The summed E-state index contributed by atoms with van der Waals surface area (Å²) in [6.07, 6.45) is 0. The van der Waals surface area contributed by atoms with Crippen LogP contribution in [0.2, 0.25) is 0 Å². The highest BCUT2D eigenvalue weighted by Gasteiger charge is 2.13. The molecule has 0 aliphatic carbocycles. The van der Waals surface area contributed by atoms with Gasteiger partial charge in [-0.25, -0.2) is 0 Å². The number of rotatable bonds is 3. The van der Waals surface area contributed by atoms with E-state index in [0.717, 1.165) is 4.90 Å². The van der Waals surface area contributed by atoms with Crippen molar-refractivity contribution in [1.82, 2.24) is 4.31 Å². The van der Waals surface area contributed by atoms with E-state index in [4.69, 9.17) is 0 Å². The van der Waals surface area contributed by atoms with Crippen LogP contribution in [0.3, 0.4) is 0 Å². The highest BCUT2D eigenvalue weighted by Crippen LogP contribution is 2.18. The summed E-state index contributed by atoms with van der Waals surface area (Å²) in [5.41, 5.74) is 1.28. The summed E-state index contributed by atoms with van der Waals surface area (Å²) in [5.74, 6) is 0.525. The summed E-state index contributed by atoms with van der Waals surface area (Å²) in [6, 6.07) is 7.96. The molecule has 1 rings (SSSR count). The zero-order valence-corrected chi connectivity index (χ0v) is 9.97. The Morgan fingerprint density at radius 3 is 2.00 bits per heavy atom. The lowest BCUT2D eigenvalue weighted by Gasteiger charge is -2.15. The van der Waals surface area contributed by atoms with Crippen LogP contribution >= 0.6 is 0 Å². The van der Waals surface area contributed by atoms with Gasteiger partial charge >= 0.3 is 0 Å². The van der Waals surface area contributed by atoms with Crippen LogP contribution in [0.15, 0.2) is 29.2 Å². The first-order valence-corrected chi connectivity index (χ1v) is 5.82. The molecule has 1 unspecified atom stereocenters. The third-order valence-corrected chi connectivity index (χ3v) is 3.42. The number of hydrogen-bond donors (Lipinski definition) is 0. The van der Waals surface area contributed by atoms with Crippen molar-refractivity contribution >= 4 is 11.4 Å². The molecule has 0 spiro atoms. The Balaban J connectivity index is 2.83. The minimum atomic E-state index is -1.02. The summed E-state index contributed by atoms with van der Waals surface area (Å²) < 4.78 is 13.4. The molecule has 0 bridgehead atoms. The molecule has 0 aromatic heterocycles. The monoisotopic (exact) mass is 211 g/mol. The second-order valence-corrected chi connectivity index (χ2v) is 5.49. The van der Waals surface area contributed by atoms with Gasteiger partial charge in [0, 0.05) is 14.1 Å². The van der Waals surface area contributed by atoms with E-state index in [1.165, 1.54) is 5.56 Å². The third-order valence-electron chi connectivity index (χ3n) is 2.08. The normalized spacial score (nSPS) is 13.6.